The van der Waals surface area contributed by atoms with Gasteiger partial charge in [0.2, 0.25) is 0 Å². The summed E-state index contributed by atoms with van der Waals surface area (Å²) >= 11 is 9.63. The van der Waals surface area contributed by atoms with Crippen LogP contribution in [0, 0.1) is 0 Å². The Morgan fingerprint density at radius 2 is 1.90 bits per heavy atom. The quantitative estimate of drug-likeness (QED) is 0.735. The summed E-state index contributed by atoms with van der Waals surface area (Å²) in [7, 11) is 2.00. The average molecular weight is 353 g/mol. The highest BCUT2D eigenvalue weighted by molar-refractivity contribution is 9.10. The van der Waals surface area contributed by atoms with Gasteiger partial charge < -0.3 is 5.32 Å². The van der Waals surface area contributed by atoms with Crippen LogP contribution in [0.1, 0.15) is 30.0 Å². The van der Waals surface area contributed by atoms with Crippen LogP contribution >= 0.6 is 27.5 Å². The Bertz CT molecular complexity index is 522. The molecule has 0 bridgehead atoms. The molecule has 0 saturated heterocycles. The molecule has 1 unspecified atom stereocenters. The molecule has 1 nitrogen and oxygen atoms in total. The minimum absolute atomic E-state index is 0.341. The Balaban J connectivity index is 1.95. The molecular weight excluding hydrogens is 334 g/mol. The lowest BCUT2D eigenvalue weighted by Crippen LogP contribution is -2.16. The predicted octanol–water partition coefficient (Wildman–Crippen LogP) is 5.39. The van der Waals surface area contributed by atoms with Crippen LogP contribution in [0.5, 0.6) is 0 Å². The molecule has 0 fully saturated rings. The number of aryl methyl sites for hydroxylation is 1. The highest BCUT2D eigenvalue weighted by atomic mass is 79.9. The highest BCUT2D eigenvalue weighted by Crippen LogP contribution is 2.26. The molecule has 0 aliphatic rings. The van der Waals surface area contributed by atoms with Crippen LogP contribution in [-0.4, -0.2) is 7.05 Å². The molecule has 1 atom stereocenters. The van der Waals surface area contributed by atoms with E-state index in [1.165, 1.54) is 11.1 Å². The number of rotatable bonds is 6. The van der Waals surface area contributed by atoms with Crippen molar-refractivity contribution in [2.45, 2.75) is 25.3 Å². The summed E-state index contributed by atoms with van der Waals surface area (Å²) in [6.45, 7) is 0. The van der Waals surface area contributed by atoms with Crippen molar-refractivity contribution < 1.29 is 0 Å². The van der Waals surface area contributed by atoms with Gasteiger partial charge in [-0.25, -0.2) is 0 Å². The smallest absolute Gasteiger partial charge is 0.0420 e. The molecule has 20 heavy (non-hydrogen) atoms. The standard InChI is InChI=1S/C17H19BrClN/c1-20-17(14-10-15(18)12-16(19)11-14)9-5-8-13-6-3-2-4-7-13/h2-4,6-7,10-12,17,20H,5,8-9H2,1H3. The van der Waals surface area contributed by atoms with Gasteiger partial charge in [-0.1, -0.05) is 57.9 Å². The van der Waals surface area contributed by atoms with Gasteiger partial charge in [0.1, 0.15) is 0 Å². The number of hydrogen-bond donors (Lipinski definition) is 1. The van der Waals surface area contributed by atoms with E-state index in [2.05, 4.69) is 57.6 Å². The first-order chi connectivity index (χ1) is 9.69. The minimum Gasteiger partial charge on any atom is -0.313 e. The first-order valence-corrected chi connectivity index (χ1v) is 8.03. The van der Waals surface area contributed by atoms with Crippen LogP contribution < -0.4 is 5.32 Å². The molecule has 0 heterocycles. The van der Waals surface area contributed by atoms with Crippen molar-refractivity contribution in [3.05, 3.63) is 69.2 Å². The minimum atomic E-state index is 0.341. The largest absolute Gasteiger partial charge is 0.313 e. The summed E-state index contributed by atoms with van der Waals surface area (Å²) in [6.07, 6.45) is 3.36. The monoisotopic (exact) mass is 351 g/mol. The van der Waals surface area contributed by atoms with Gasteiger partial charge in [0.15, 0.2) is 0 Å². The van der Waals surface area contributed by atoms with E-state index >= 15 is 0 Å². The number of nitrogens with one attached hydrogen (secondary N) is 1. The Morgan fingerprint density at radius 3 is 2.55 bits per heavy atom. The molecule has 2 aromatic rings. The second-order valence-corrected chi connectivity index (χ2v) is 6.27. The van der Waals surface area contributed by atoms with Crippen molar-refractivity contribution in [3.8, 4) is 0 Å². The molecule has 2 rings (SSSR count). The van der Waals surface area contributed by atoms with E-state index in [0.29, 0.717) is 6.04 Å². The van der Waals surface area contributed by atoms with E-state index in [9.17, 15) is 0 Å². The molecule has 0 saturated carbocycles. The maximum Gasteiger partial charge on any atom is 0.0420 e. The second kappa shape index (κ2) is 7.82. The second-order valence-electron chi connectivity index (χ2n) is 4.92. The summed E-state index contributed by atoms with van der Waals surface area (Å²) in [5.74, 6) is 0. The zero-order valence-electron chi connectivity index (χ0n) is 11.6. The van der Waals surface area contributed by atoms with Crippen molar-refractivity contribution in [2.24, 2.45) is 0 Å². The lowest BCUT2D eigenvalue weighted by molar-refractivity contribution is 0.527. The van der Waals surface area contributed by atoms with E-state index in [4.69, 9.17) is 11.6 Å². The van der Waals surface area contributed by atoms with E-state index in [1.54, 1.807) is 0 Å². The Labute approximate surface area is 134 Å². The van der Waals surface area contributed by atoms with E-state index < -0.39 is 0 Å². The number of hydrogen-bond acceptors (Lipinski definition) is 1. The summed E-state index contributed by atoms with van der Waals surface area (Å²) in [5, 5.41) is 4.16. The van der Waals surface area contributed by atoms with Gasteiger partial charge >= 0.3 is 0 Å². The first-order valence-electron chi connectivity index (χ1n) is 6.86. The molecule has 0 aliphatic carbocycles. The Hall–Kier alpha value is -0.830. The van der Waals surface area contributed by atoms with Crippen LogP contribution in [0.15, 0.2) is 53.0 Å². The molecule has 0 radical (unpaired) electrons. The van der Waals surface area contributed by atoms with Gasteiger partial charge in [-0.05, 0) is 55.6 Å². The first kappa shape index (κ1) is 15.6. The number of halogens is 2. The van der Waals surface area contributed by atoms with Crippen molar-refractivity contribution in [1.29, 1.82) is 0 Å². The van der Waals surface area contributed by atoms with Gasteiger partial charge in [0.25, 0.3) is 0 Å². The predicted molar refractivity (Wildman–Crippen MR) is 90.3 cm³/mol. The Morgan fingerprint density at radius 1 is 1.15 bits per heavy atom. The summed E-state index contributed by atoms with van der Waals surface area (Å²) in [6, 6.07) is 17.1. The maximum atomic E-state index is 6.12. The molecule has 1 N–H and O–H groups in total. The molecule has 0 aliphatic heterocycles. The average Bonchev–Trinajstić information content (AvgIpc) is 2.43. The molecule has 0 aromatic heterocycles. The van der Waals surface area contributed by atoms with Crippen LogP contribution in [-0.2, 0) is 6.42 Å². The zero-order chi connectivity index (χ0) is 14.4. The van der Waals surface area contributed by atoms with Crippen LogP contribution in [0.25, 0.3) is 0 Å². The van der Waals surface area contributed by atoms with Crippen molar-refractivity contribution in [1.82, 2.24) is 5.32 Å². The van der Waals surface area contributed by atoms with E-state index in [0.717, 1.165) is 28.8 Å². The lowest BCUT2D eigenvalue weighted by atomic mass is 9.99. The van der Waals surface area contributed by atoms with Crippen LogP contribution in [0.2, 0.25) is 5.02 Å². The third-order valence-corrected chi connectivity index (χ3v) is 4.11. The number of benzene rings is 2. The van der Waals surface area contributed by atoms with Crippen molar-refractivity contribution in [2.75, 3.05) is 7.05 Å². The molecule has 106 valence electrons. The summed E-state index contributed by atoms with van der Waals surface area (Å²) in [4.78, 5) is 0. The highest BCUT2D eigenvalue weighted by Gasteiger charge is 2.10. The maximum absolute atomic E-state index is 6.12. The third kappa shape index (κ3) is 4.62. The van der Waals surface area contributed by atoms with Crippen molar-refractivity contribution >= 4 is 27.5 Å². The van der Waals surface area contributed by atoms with E-state index in [-0.39, 0.29) is 0 Å². The van der Waals surface area contributed by atoms with Crippen molar-refractivity contribution in [3.63, 3.8) is 0 Å². The third-order valence-electron chi connectivity index (χ3n) is 3.44. The van der Waals surface area contributed by atoms with E-state index in [1.807, 2.05) is 19.2 Å². The topological polar surface area (TPSA) is 12.0 Å². The fraction of sp³-hybridized carbons (Fsp3) is 0.294. The fourth-order valence-electron chi connectivity index (χ4n) is 2.41. The SMILES string of the molecule is CNC(CCCc1ccccc1)c1cc(Cl)cc(Br)c1. The molecule has 2 aromatic carbocycles. The Kier molecular flexibility index (Phi) is 6.08. The van der Waals surface area contributed by atoms with Crippen LogP contribution in [0.4, 0.5) is 0 Å². The summed E-state index contributed by atoms with van der Waals surface area (Å²) in [5.41, 5.74) is 2.63. The van der Waals surface area contributed by atoms with Gasteiger partial charge in [0, 0.05) is 15.5 Å². The van der Waals surface area contributed by atoms with Gasteiger partial charge in [0.05, 0.1) is 0 Å². The summed E-state index contributed by atoms with van der Waals surface area (Å²) < 4.78 is 1.03. The van der Waals surface area contributed by atoms with Gasteiger partial charge in [-0.3, -0.25) is 0 Å². The molecular formula is C17H19BrClN. The molecule has 0 spiro atoms. The fourth-order valence-corrected chi connectivity index (χ4v) is 3.30. The van der Waals surface area contributed by atoms with Gasteiger partial charge in [-0.15, -0.1) is 0 Å². The van der Waals surface area contributed by atoms with Gasteiger partial charge in [-0.2, -0.15) is 0 Å². The normalized spacial score (nSPS) is 12.3. The lowest BCUT2D eigenvalue weighted by Gasteiger charge is -2.17. The molecule has 3 heteroatoms. The molecule has 0 amide bonds. The van der Waals surface area contributed by atoms with Crippen LogP contribution in [0.3, 0.4) is 0 Å². The zero-order valence-corrected chi connectivity index (χ0v) is 13.9.